The zero-order valence-corrected chi connectivity index (χ0v) is 14.2. The lowest BCUT2D eigenvalue weighted by atomic mass is 9.96. The minimum atomic E-state index is 0.804. The molecule has 0 unspecified atom stereocenters. The van der Waals surface area contributed by atoms with E-state index in [4.69, 9.17) is 4.74 Å². The third-order valence-electron chi connectivity index (χ3n) is 4.16. The van der Waals surface area contributed by atoms with Gasteiger partial charge in [-0.3, -0.25) is 4.99 Å². The van der Waals surface area contributed by atoms with Crippen LogP contribution in [0.5, 0.6) is 0 Å². The van der Waals surface area contributed by atoms with Crippen molar-refractivity contribution in [1.82, 2.24) is 10.2 Å². The molecule has 1 fully saturated rings. The lowest BCUT2D eigenvalue weighted by Gasteiger charge is -2.26. The summed E-state index contributed by atoms with van der Waals surface area (Å²) in [6.07, 6.45) is 3.63. The summed E-state index contributed by atoms with van der Waals surface area (Å²) in [6.45, 7) is 5.93. The number of ether oxygens (including phenoxy) is 1. The lowest BCUT2D eigenvalue weighted by molar-refractivity contribution is 0.0625. The van der Waals surface area contributed by atoms with Gasteiger partial charge in [0, 0.05) is 38.7 Å². The molecule has 0 saturated carbocycles. The molecule has 1 N–H and O–H groups in total. The van der Waals surface area contributed by atoms with Gasteiger partial charge in [0.1, 0.15) is 0 Å². The summed E-state index contributed by atoms with van der Waals surface area (Å²) in [4.78, 5) is 8.01. The number of thiophene rings is 1. The average molecular weight is 309 g/mol. The first-order valence-electron chi connectivity index (χ1n) is 7.73. The van der Waals surface area contributed by atoms with Crippen molar-refractivity contribution >= 4 is 17.3 Å². The van der Waals surface area contributed by atoms with Crippen molar-refractivity contribution in [2.45, 2.75) is 32.7 Å². The van der Waals surface area contributed by atoms with Gasteiger partial charge >= 0.3 is 0 Å². The highest BCUT2D eigenvalue weighted by Crippen LogP contribution is 2.18. The maximum absolute atomic E-state index is 5.42. The molecule has 0 radical (unpaired) electrons. The van der Waals surface area contributed by atoms with Crippen LogP contribution >= 0.6 is 11.3 Å². The van der Waals surface area contributed by atoms with Gasteiger partial charge in [0.2, 0.25) is 0 Å². The predicted molar refractivity (Wildman–Crippen MR) is 90.0 cm³/mol. The third-order valence-corrected chi connectivity index (χ3v) is 5.19. The summed E-state index contributed by atoms with van der Waals surface area (Å²) in [5.41, 5.74) is 1.35. The molecule has 0 aromatic carbocycles. The van der Waals surface area contributed by atoms with Crippen LogP contribution in [0.25, 0.3) is 0 Å². The SMILES string of the molecule is CN=C(NCc1sccc1C)N(C)CCC1CCOCC1. The van der Waals surface area contributed by atoms with Crippen molar-refractivity contribution in [1.29, 1.82) is 0 Å². The van der Waals surface area contributed by atoms with Crippen molar-refractivity contribution in [3.8, 4) is 0 Å². The molecule has 0 spiro atoms. The lowest BCUT2D eigenvalue weighted by Crippen LogP contribution is -2.39. The molecule has 5 heteroatoms. The van der Waals surface area contributed by atoms with Gasteiger partial charge in [0.05, 0.1) is 6.54 Å². The van der Waals surface area contributed by atoms with Crippen molar-refractivity contribution < 1.29 is 4.74 Å². The number of guanidine groups is 1. The van der Waals surface area contributed by atoms with E-state index in [1.54, 1.807) is 11.3 Å². The van der Waals surface area contributed by atoms with Crippen LogP contribution < -0.4 is 5.32 Å². The van der Waals surface area contributed by atoms with Crippen molar-refractivity contribution in [3.05, 3.63) is 21.9 Å². The van der Waals surface area contributed by atoms with Crippen LogP contribution in [0.1, 0.15) is 29.7 Å². The van der Waals surface area contributed by atoms with E-state index in [2.05, 4.69) is 40.6 Å². The van der Waals surface area contributed by atoms with E-state index in [9.17, 15) is 0 Å². The molecule has 0 aliphatic carbocycles. The minimum Gasteiger partial charge on any atom is -0.381 e. The summed E-state index contributed by atoms with van der Waals surface area (Å²) < 4.78 is 5.42. The van der Waals surface area contributed by atoms with E-state index in [1.165, 1.54) is 29.7 Å². The van der Waals surface area contributed by atoms with E-state index in [0.717, 1.165) is 38.2 Å². The predicted octanol–water partition coefficient (Wildman–Crippen LogP) is 2.88. The summed E-state index contributed by atoms with van der Waals surface area (Å²) in [5, 5.41) is 5.60. The molecule has 1 aliphatic heterocycles. The topological polar surface area (TPSA) is 36.9 Å². The molecule has 0 atom stereocenters. The largest absolute Gasteiger partial charge is 0.381 e. The van der Waals surface area contributed by atoms with Gasteiger partial charge in [-0.1, -0.05) is 0 Å². The zero-order valence-electron chi connectivity index (χ0n) is 13.4. The van der Waals surface area contributed by atoms with Gasteiger partial charge in [-0.25, -0.2) is 0 Å². The van der Waals surface area contributed by atoms with Crippen LogP contribution in [-0.4, -0.2) is 44.7 Å². The van der Waals surface area contributed by atoms with E-state index in [1.807, 2.05) is 7.05 Å². The number of hydrogen-bond donors (Lipinski definition) is 1. The standard InChI is InChI=1S/C16H27N3OS/c1-13-7-11-21-15(13)12-18-16(17-2)19(3)8-4-14-5-9-20-10-6-14/h7,11,14H,4-6,8-10,12H2,1-3H3,(H,17,18). The summed E-state index contributed by atoms with van der Waals surface area (Å²) in [7, 11) is 3.98. The molecule has 1 aliphatic rings. The van der Waals surface area contributed by atoms with Crippen LogP contribution in [0.15, 0.2) is 16.4 Å². The van der Waals surface area contributed by atoms with E-state index in [0.29, 0.717) is 0 Å². The first-order chi connectivity index (χ1) is 10.2. The number of rotatable bonds is 5. The molecule has 2 heterocycles. The van der Waals surface area contributed by atoms with Gasteiger partial charge in [-0.05, 0) is 49.1 Å². The van der Waals surface area contributed by atoms with Crippen molar-refractivity contribution in [3.63, 3.8) is 0 Å². The smallest absolute Gasteiger partial charge is 0.193 e. The second kappa shape index (κ2) is 8.39. The van der Waals surface area contributed by atoms with Crippen LogP contribution in [0.2, 0.25) is 0 Å². The van der Waals surface area contributed by atoms with Crippen LogP contribution in [0, 0.1) is 12.8 Å². The highest BCUT2D eigenvalue weighted by Gasteiger charge is 2.15. The molecule has 2 rings (SSSR count). The van der Waals surface area contributed by atoms with Crippen molar-refractivity contribution in [2.24, 2.45) is 10.9 Å². The Bertz CT molecular complexity index is 452. The number of aliphatic imine (C=N–C) groups is 1. The zero-order chi connectivity index (χ0) is 15.1. The molecular weight excluding hydrogens is 282 g/mol. The van der Waals surface area contributed by atoms with Gasteiger partial charge < -0.3 is 15.0 Å². The normalized spacial score (nSPS) is 17.0. The Morgan fingerprint density at radius 3 is 2.86 bits per heavy atom. The Morgan fingerprint density at radius 1 is 1.48 bits per heavy atom. The Balaban J connectivity index is 1.75. The van der Waals surface area contributed by atoms with Crippen LogP contribution in [-0.2, 0) is 11.3 Å². The van der Waals surface area contributed by atoms with E-state index < -0.39 is 0 Å². The monoisotopic (exact) mass is 309 g/mol. The first kappa shape index (κ1) is 16.3. The maximum Gasteiger partial charge on any atom is 0.193 e. The van der Waals surface area contributed by atoms with Crippen LogP contribution in [0.3, 0.4) is 0 Å². The average Bonchev–Trinajstić information content (AvgIpc) is 2.92. The second-order valence-corrected chi connectivity index (χ2v) is 6.69. The highest BCUT2D eigenvalue weighted by molar-refractivity contribution is 7.10. The quantitative estimate of drug-likeness (QED) is 0.671. The molecule has 0 bridgehead atoms. The Hall–Kier alpha value is -1.07. The summed E-state index contributed by atoms with van der Waals surface area (Å²) in [6, 6.07) is 2.17. The fourth-order valence-corrected chi connectivity index (χ4v) is 3.49. The third kappa shape index (κ3) is 5.00. The second-order valence-electron chi connectivity index (χ2n) is 5.69. The molecule has 21 heavy (non-hydrogen) atoms. The summed E-state index contributed by atoms with van der Waals surface area (Å²) in [5.74, 6) is 1.79. The number of nitrogens with one attached hydrogen (secondary N) is 1. The molecule has 0 amide bonds. The van der Waals surface area contributed by atoms with E-state index >= 15 is 0 Å². The number of nitrogens with zero attached hydrogens (tertiary/aromatic N) is 2. The Labute approximate surface area is 132 Å². The fraction of sp³-hybridized carbons (Fsp3) is 0.688. The molecule has 1 aromatic heterocycles. The van der Waals surface area contributed by atoms with E-state index in [-0.39, 0.29) is 0 Å². The Morgan fingerprint density at radius 2 is 2.24 bits per heavy atom. The summed E-state index contributed by atoms with van der Waals surface area (Å²) >= 11 is 1.80. The van der Waals surface area contributed by atoms with Gasteiger partial charge in [-0.15, -0.1) is 11.3 Å². The number of aryl methyl sites for hydroxylation is 1. The molecular formula is C16H27N3OS. The first-order valence-corrected chi connectivity index (χ1v) is 8.61. The van der Waals surface area contributed by atoms with Gasteiger partial charge in [0.15, 0.2) is 5.96 Å². The Kier molecular flexibility index (Phi) is 6.51. The van der Waals surface area contributed by atoms with Crippen LogP contribution in [0.4, 0.5) is 0 Å². The minimum absolute atomic E-state index is 0.804. The van der Waals surface area contributed by atoms with Crippen molar-refractivity contribution in [2.75, 3.05) is 33.9 Å². The molecule has 1 saturated heterocycles. The molecule has 118 valence electrons. The van der Waals surface area contributed by atoms with Gasteiger partial charge in [-0.2, -0.15) is 0 Å². The molecule has 1 aromatic rings. The van der Waals surface area contributed by atoms with Gasteiger partial charge in [0.25, 0.3) is 0 Å². The molecule has 4 nitrogen and oxygen atoms in total. The maximum atomic E-state index is 5.42. The number of hydrogen-bond acceptors (Lipinski definition) is 3. The highest BCUT2D eigenvalue weighted by atomic mass is 32.1. The fourth-order valence-electron chi connectivity index (χ4n) is 2.65.